The van der Waals surface area contributed by atoms with E-state index in [1.807, 2.05) is 13.0 Å². The first-order valence-electron chi connectivity index (χ1n) is 9.40. The van der Waals surface area contributed by atoms with Crippen LogP contribution in [0.15, 0.2) is 47.4 Å². The van der Waals surface area contributed by atoms with Gasteiger partial charge in [0.15, 0.2) is 0 Å². The minimum atomic E-state index is -0.353. The summed E-state index contributed by atoms with van der Waals surface area (Å²) >= 11 is 1.07. The van der Waals surface area contributed by atoms with Crippen LogP contribution < -0.4 is 15.1 Å². The zero-order valence-corrected chi connectivity index (χ0v) is 17.4. The maximum atomic E-state index is 13.2. The number of aromatic nitrogens is 2. The number of carbonyl (C=O) groups excluding carboxylic acids is 1. The summed E-state index contributed by atoms with van der Waals surface area (Å²) in [4.78, 5) is 32.0. The smallest absolute Gasteiger partial charge is 0.308 e. The number of hydrogen-bond donors (Lipinski definition) is 1. The molecule has 0 spiro atoms. The molecule has 152 valence electrons. The second kappa shape index (κ2) is 9.00. The Morgan fingerprint density at radius 1 is 1.17 bits per heavy atom. The highest BCUT2D eigenvalue weighted by Crippen LogP contribution is 2.25. The number of nitrogens with one attached hydrogen (secondary N) is 1. The zero-order chi connectivity index (χ0) is 21.0. The van der Waals surface area contributed by atoms with Gasteiger partial charge in [0.1, 0.15) is 18.2 Å². The Kier molecular flexibility index (Phi) is 6.43. The normalized spacial score (nSPS) is 10.8. The molecule has 2 heterocycles. The Labute approximate surface area is 172 Å². The minimum Gasteiger partial charge on any atom is -0.357 e. The Bertz CT molecular complexity index is 1040. The number of rotatable bonds is 7. The van der Waals surface area contributed by atoms with Crippen LogP contribution in [-0.2, 0) is 11.3 Å². The van der Waals surface area contributed by atoms with Crippen molar-refractivity contribution in [1.29, 1.82) is 0 Å². The van der Waals surface area contributed by atoms with E-state index in [0.717, 1.165) is 35.1 Å². The van der Waals surface area contributed by atoms with Crippen molar-refractivity contribution in [2.45, 2.75) is 27.3 Å². The number of pyridine rings is 1. The number of carbonyl (C=O) groups is 1. The van der Waals surface area contributed by atoms with E-state index in [-0.39, 0.29) is 23.1 Å². The molecule has 29 heavy (non-hydrogen) atoms. The van der Waals surface area contributed by atoms with Crippen LogP contribution in [0.25, 0.3) is 11.3 Å². The maximum absolute atomic E-state index is 13.2. The zero-order valence-electron chi connectivity index (χ0n) is 16.6. The standard InChI is InChI=1S/C21H23FN4O2S/c1-4-25(5-2)18-11-10-17(12-23-18)24-19(27)13-26-20(14(3)29-21(26)28)15-6-8-16(22)9-7-15/h6-12H,4-5,13H2,1-3H3,(H,24,27). The molecular formula is C21H23FN4O2S. The maximum Gasteiger partial charge on any atom is 0.308 e. The van der Waals surface area contributed by atoms with E-state index in [1.165, 1.54) is 16.7 Å². The molecule has 3 aromatic rings. The molecule has 0 aliphatic carbocycles. The lowest BCUT2D eigenvalue weighted by atomic mass is 10.1. The number of benzene rings is 1. The molecular weight excluding hydrogens is 391 g/mol. The quantitative estimate of drug-likeness (QED) is 0.637. The van der Waals surface area contributed by atoms with Crippen molar-refractivity contribution in [2.24, 2.45) is 0 Å². The van der Waals surface area contributed by atoms with Gasteiger partial charge in [0.25, 0.3) is 0 Å². The third-order valence-electron chi connectivity index (χ3n) is 4.60. The molecule has 2 aromatic heterocycles. The number of halogens is 1. The topological polar surface area (TPSA) is 67.2 Å². The van der Waals surface area contributed by atoms with E-state index in [1.54, 1.807) is 24.4 Å². The monoisotopic (exact) mass is 414 g/mol. The van der Waals surface area contributed by atoms with Gasteiger partial charge in [0.2, 0.25) is 5.91 Å². The molecule has 3 rings (SSSR count). The highest BCUT2D eigenvalue weighted by atomic mass is 32.1. The van der Waals surface area contributed by atoms with E-state index in [0.29, 0.717) is 16.9 Å². The molecule has 0 radical (unpaired) electrons. The van der Waals surface area contributed by atoms with Crippen LogP contribution in [0.5, 0.6) is 0 Å². The minimum absolute atomic E-state index is 0.131. The van der Waals surface area contributed by atoms with Crippen LogP contribution in [0.4, 0.5) is 15.9 Å². The van der Waals surface area contributed by atoms with Crippen molar-refractivity contribution in [3.8, 4) is 11.3 Å². The van der Waals surface area contributed by atoms with E-state index in [4.69, 9.17) is 0 Å². The summed E-state index contributed by atoms with van der Waals surface area (Å²) in [5.74, 6) is 0.163. The van der Waals surface area contributed by atoms with Gasteiger partial charge in [-0.2, -0.15) is 0 Å². The molecule has 0 saturated heterocycles. The Hall–Kier alpha value is -3.00. The largest absolute Gasteiger partial charge is 0.357 e. The van der Waals surface area contributed by atoms with E-state index >= 15 is 0 Å². The molecule has 0 bridgehead atoms. The highest BCUT2D eigenvalue weighted by molar-refractivity contribution is 7.09. The molecule has 0 aliphatic heterocycles. The van der Waals surface area contributed by atoms with E-state index in [2.05, 4.69) is 29.0 Å². The van der Waals surface area contributed by atoms with Crippen LogP contribution in [0.3, 0.4) is 0 Å². The fourth-order valence-electron chi connectivity index (χ4n) is 3.16. The Morgan fingerprint density at radius 2 is 1.86 bits per heavy atom. The number of anilines is 2. The SMILES string of the molecule is CCN(CC)c1ccc(NC(=O)Cn2c(-c3ccc(F)cc3)c(C)sc2=O)cn1. The van der Waals surface area contributed by atoms with Crippen molar-refractivity contribution in [2.75, 3.05) is 23.3 Å². The number of amides is 1. The summed E-state index contributed by atoms with van der Waals surface area (Å²) in [6.45, 7) is 7.49. The molecule has 1 aromatic carbocycles. The molecule has 8 heteroatoms. The van der Waals surface area contributed by atoms with Gasteiger partial charge in [-0.05, 0) is 62.7 Å². The summed E-state index contributed by atoms with van der Waals surface area (Å²) in [5.41, 5.74) is 1.89. The van der Waals surface area contributed by atoms with Crippen LogP contribution in [0.2, 0.25) is 0 Å². The Balaban J connectivity index is 1.78. The molecule has 1 amide bonds. The van der Waals surface area contributed by atoms with Gasteiger partial charge >= 0.3 is 4.87 Å². The third kappa shape index (κ3) is 4.71. The van der Waals surface area contributed by atoms with Crippen molar-refractivity contribution in [1.82, 2.24) is 9.55 Å². The lowest BCUT2D eigenvalue weighted by Crippen LogP contribution is -2.25. The molecule has 1 N–H and O–H groups in total. The van der Waals surface area contributed by atoms with Gasteiger partial charge in [-0.3, -0.25) is 14.2 Å². The first-order valence-corrected chi connectivity index (χ1v) is 10.2. The fraction of sp³-hybridized carbons (Fsp3) is 0.286. The average Bonchev–Trinajstić information content (AvgIpc) is 2.98. The summed E-state index contributed by atoms with van der Waals surface area (Å²) < 4.78 is 14.7. The van der Waals surface area contributed by atoms with Crippen LogP contribution in [0, 0.1) is 12.7 Å². The Morgan fingerprint density at radius 3 is 2.45 bits per heavy atom. The summed E-state index contributed by atoms with van der Waals surface area (Å²) in [6, 6.07) is 9.53. The average molecular weight is 415 g/mol. The molecule has 0 fully saturated rings. The predicted molar refractivity (Wildman–Crippen MR) is 115 cm³/mol. The number of thiazole rings is 1. The van der Waals surface area contributed by atoms with Crippen molar-refractivity contribution in [3.63, 3.8) is 0 Å². The van der Waals surface area contributed by atoms with Gasteiger partial charge in [-0.25, -0.2) is 9.37 Å². The van der Waals surface area contributed by atoms with Crippen molar-refractivity contribution < 1.29 is 9.18 Å². The first kappa shape index (κ1) is 20.7. The summed E-state index contributed by atoms with van der Waals surface area (Å²) in [6.07, 6.45) is 1.61. The summed E-state index contributed by atoms with van der Waals surface area (Å²) in [7, 11) is 0. The second-order valence-corrected chi connectivity index (χ2v) is 7.66. The highest BCUT2D eigenvalue weighted by Gasteiger charge is 2.17. The molecule has 6 nitrogen and oxygen atoms in total. The van der Waals surface area contributed by atoms with Crippen LogP contribution >= 0.6 is 11.3 Å². The van der Waals surface area contributed by atoms with Gasteiger partial charge in [-0.15, -0.1) is 0 Å². The fourth-order valence-corrected chi connectivity index (χ4v) is 4.02. The second-order valence-electron chi connectivity index (χ2n) is 6.49. The van der Waals surface area contributed by atoms with Gasteiger partial charge in [0, 0.05) is 18.0 Å². The van der Waals surface area contributed by atoms with Crippen molar-refractivity contribution in [3.05, 3.63) is 63.0 Å². The molecule has 0 saturated carbocycles. The predicted octanol–water partition coefficient (Wildman–Crippen LogP) is 3.90. The van der Waals surface area contributed by atoms with Gasteiger partial charge < -0.3 is 10.2 Å². The lowest BCUT2D eigenvalue weighted by molar-refractivity contribution is -0.116. The third-order valence-corrected chi connectivity index (χ3v) is 5.50. The molecule has 0 unspecified atom stereocenters. The van der Waals surface area contributed by atoms with Crippen LogP contribution in [-0.4, -0.2) is 28.5 Å². The van der Waals surface area contributed by atoms with E-state index in [9.17, 15) is 14.0 Å². The first-order chi connectivity index (χ1) is 13.9. The summed E-state index contributed by atoms with van der Waals surface area (Å²) in [5, 5.41) is 2.78. The lowest BCUT2D eigenvalue weighted by Gasteiger charge is -2.19. The van der Waals surface area contributed by atoms with Crippen molar-refractivity contribution >= 4 is 28.7 Å². The number of hydrogen-bond acceptors (Lipinski definition) is 5. The molecule has 0 atom stereocenters. The molecule has 0 aliphatic rings. The van der Waals surface area contributed by atoms with Gasteiger partial charge in [0.05, 0.1) is 17.6 Å². The number of nitrogens with zero attached hydrogens (tertiary/aromatic N) is 3. The number of aryl methyl sites for hydroxylation is 1. The van der Waals surface area contributed by atoms with Gasteiger partial charge in [-0.1, -0.05) is 11.3 Å². The van der Waals surface area contributed by atoms with Crippen LogP contribution in [0.1, 0.15) is 18.7 Å². The van der Waals surface area contributed by atoms with E-state index < -0.39 is 0 Å².